The van der Waals surface area contributed by atoms with Gasteiger partial charge in [-0.2, -0.15) is 5.10 Å². The molecule has 0 atom stereocenters. The van der Waals surface area contributed by atoms with E-state index in [1.54, 1.807) is 31.2 Å². The third-order valence-electron chi connectivity index (χ3n) is 2.56. The average molecular weight is 308 g/mol. The summed E-state index contributed by atoms with van der Waals surface area (Å²) in [6.45, 7) is 2.01. The largest absolute Gasteiger partial charge is 0.462 e. The summed E-state index contributed by atoms with van der Waals surface area (Å²) < 4.78 is 6.21. The Kier molecular flexibility index (Phi) is 4.94. The molecule has 0 bridgehead atoms. The highest BCUT2D eigenvalue weighted by molar-refractivity contribution is 6.30. The number of hydrogen-bond donors (Lipinski definition) is 1. The van der Waals surface area contributed by atoms with Gasteiger partial charge in [0.15, 0.2) is 0 Å². The number of halogens is 1. The van der Waals surface area contributed by atoms with Crippen LogP contribution in [0.15, 0.2) is 36.7 Å². The second-order valence-corrected chi connectivity index (χ2v) is 4.64. The van der Waals surface area contributed by atoms with E-state index in [0.29, 0.717) is 22.9 Å². The molecule has 0 radical (unpaired) electrons. The smallest absolute Gasteiger partial charge is 0.341 e. The van der Waals surface area contributed by atoms with Crippen molar-refractivity contribution in [2.75, 3.05) is 11.9 Å². The predicted octanol–water partition coefficient (Wildman–Crippen LogP) is 2.35. The number of esters is 1. The van der Waals surface area contributed by atoms with E-state index >= 15 is 0 Å². The second-order valence-electron chi connectivity index (χ2n) is 4.21. The lowest BCUT2D eigenvalue weighted by Gasteiger charge is -2.05. The molecule has 1 amide bonds. The summed E-state index contributed by atoms with van der Waals surface area (Å²) in [5, 5.41) is 7.18. The Morgan fingerprint density at radius 3 is 2.95 bits per heavy atom. The van der Waals surface area contributed by atoms with Gasteiger partial charge in [-0.3, -0.25) is 9.48 Å². The zero-order valence-corrected chi connectivity index (χ0v) is 12.1. The van der Waals surface area contributed by atoms with Crippen molar-refractivity contribution in [2.24, 2.45) is 0 Å². The standard InChI is InChI=1S/C14H14ClN3O3/c1-2-21-14(20)10-7-16-18(8-10)9-13(19)17-12-5-3-4-11(15)6-12/h3-8H,2,9H2,1H3,(H,17,19). The van der Waals surface area contributed by atoms with Crippen LogP contribution in [0.1, 0.15) is 17.3 Å². The molecule has 1 aromatic carbocycles. The molecule has 0 aliphatic heterocycles. The van der Waals surface area contributed by atoms with Gasteiger partial charge in [0.1, 0.15) is 6.54 Å². The molecule has 2 aromatic rings. The lowest BCUT2D eigenvalue weighted by atomic mass is 10.3. The van der Waals surface area contributed by atoms with Crippen LogP contribution in [-0.2, 0) is 16.1 Å². The number of anilines is 1. The van der Waals surface area contributed by atoms with E-state index in [1.807, 2.05) is 0 Å². The maximum Gasteiger partial charge on any atom is 0.341 e. The number of carbonyl (C=O) groups is 2. The number of ether oxygens (including phenoxy) is 1. The molecule has 1 N–H and O–H groups in total. The van der Waals surface area contributed by atoms with E-state index in [9.17, 15) is 9.59 Å². The number of carbonyl (C=O) groups excluding carboxylic acids is 2. The van der Waals surface area contributed by atoms with Crippen molar-refractivity contribution < 1.29 is 14.3 Å². The number of benzene rings is 1. The zero-order chi connectivity index (χ0) is 15.2. The van der Waals surface area contributed by atoms with Crippen LogP contribution in [0.25, 0.3) is 0 Å². The summed E-state index contributed by atoms with van der Waals surface area (Å²) in [6, 6.07) is 6.84. The van der Waals surface area contributed by atoms with Crippen molar-refractivity contribution in [3.8, 4) is 0 Å². The summed E-state index contributed by atoms with van der Waals surface area (Å²) in [6.07, 6.45) is 2.83. The van der Waals surface area contributed by atoms with Crippen LogP contribution in [0.3, 0.4) is 0 Å². The molecule has 7 heteroatoms. The van der Waals surface area contributed by atoms with Gasteiger partial charge in [0.05, 0.1) is 18.4 Å². The molecule has 1 heterocycles. The van der Waals surface area contributed by atoms with Gasteiger partial charge < -0.3 is 10.1 Å². The molecule has 0 unspecified atom stereocenters. The highest BCUT2D eigenvalue weighted by Gasteiger charge is 2.11. The first-order chi connectivity index (χ1) is 10.1. The van der Waals surface area contributed by atoms with E-state index in [4.69, 9.17) is 16.3 Å². The Morgan fingerprint density at radius 2 is 2.24 bits per heavy atom. The van der Waals surface area contributed by atoms with Gasteiger partial charge in [-0.25, -0.2) is 4.79 Å². The van der Waals surface area contributed by atoms with Crippen molar-refractivity contribution >= 4 is 29.2 Å². The Hall–Kier alpha value is -2.34. The molecule has 0 saturated heterocycles. The summed E-state index contributed by atoms with van der Waals surface area (Å²) in [7, 11) is 0. The minimum atomic E-state index is -0.459. The van der Waals surface area contributed by atoms with Gasteiger partial charge in [-0.1, -0.05) is 17.7 Å². The molecule has 2 rings (SSSR count). The highest BCUT2D eigenvalue weighted by Crippen LogP contribution is 2.14. The number of aromatic nitrogens is 2. The lowest BCUT2D eigenvalue weighted by Crippen LogP contribution is -2.19. The molecule has 21 heavy (non-hydrogen) atoms. The summed E-state index contributed by atoms with van der Waals surface area (Å²) in [5.41, 5.74) is 0.915. The van der Waals surface area contributed by atoms with E-state index in [0.717, 1.165) is 0 Å². The third-order valence-corrected chi connectivity index (χ3v) is 2.79. The van der Waals surface area contributed by atoms with Crippen LogP contribution in [0.5, 0.6) is 0 Å². The molecule has 0 spiro atoms. The Balaban J connectivity index is 1.95. The van der Waals surface area contributed by atoms with E-state index in [1.165, 1.54) is 17.1 Å². The van der Waals surface area contributed by atoms with Crippen molar-refractivity contribution in [3.63, 3.8) is 0 Å². The summed E-state index contributed by atoms with van der Waals surface area (Å²) in [5.74, 6) is -0.727. The third kappa shape index (κ3) is 4.32. The van der Waals surface area contributed by atoms with Crippen LogP contribution in [0.4, 0.5) is 5.69 Å². The summed E-state index contributed by atoms with van der Waals surface area (Å²) >= 11 is 5.84. The lowest BCUT2D eigenvalue weighted by molar-refractivity contribution is -0.116. The van der Waals surface area contributed by atoms with E-state index in [-0.39, 0.29) is 12.5 Å². The Bertz CT molecular complexity index is 654. The average Bonchev–Trinajstić information content (AvgIpc) is 2.87. The minimum Gasteiger partial charge on any atom is -0.462 e. The van der Waals surface area contributed by atoms with Crippen LogP contribution in [0, 0.1) is 0 Å². The molecule has 6 nitrogen and oxygen atoms in total. The van der Waals surface area contributed by atoms with Gasteiger partial charge in [-0.05, 0) is 25.1 Å². The molecule has 1 aromatic heterocycles. The Morgan fingerprint density at radius 1 is 1.43 bits per heavy atom. The molecule has 0 aliphatic rings. The van der Waals surface area contributed by atoms with Crippen molar-refractivity contribution in [1.82, 2.24) is 9.78 Å². The van der Waals surface area contributed by atoms with Crippen molar-refractivity contribution in [3.05, 3.63) is 47.2 Å². The number of rotatable bonds is 5. The topological polar surface area (TPSA) is 73.2 Å². The first kappa shape index (κ1) is 15.1. The number of nitrogens with one attached hydrogen (secondary N) is 1. The number of nitrogens with zero attached hydrogens (tertiary/aromatic N) is 2. The SMILES string of the molecule is CCOC(=O)c1cnn(CC(=O)Nc2cccc(Cl)c2)c1. The van der Waals surface area contributed by atoms with Crippen LogP contribution in [-0.4, -0.2) is 28.3 Å². The zero-order valence-electron chi connectivity index (χ0n) is 11.4. The van der Waals surface area contributed by atoms with Gasteiger partial charge in [0.2, 0.25) is 5.91 Å². The summed E-state index contributed by atoms with van der Waals surface area (Å²) in [4.78, 5) is 23.3. The van der Waals surface area contributed by atoms with Crippen molar-refractivity contribution in [2.45, 2.75) is 13.5 Å². The molecule has 0 aliphatic carbocycles. The predicted molar refractivity (Wildman–Crippen MR) is 78.3 cm³/mol. The first-order valence-corrected chi connectivity index (χ1v) is 6.71. The normalized spacial score (nSPS) is 10.2. The quantitative estimate of drug-likeness (QED) is 0.861. The maximum absolute atomic E-state index is 11.9. The van der Waals surface area contributed by atoms with Crippen molar-refractivity contribution in [1.29, 1.82) is 0 Å². The van der Waals surface area contributed by atoms with Crippen LogP contribution in [0.2, 0.25) is 5.02 Å². The fraction of sp³-hybridized carbons (Fsp3) is 0.214. The van der Waals surface area contributed by atoms with E-state index in [2.05, 4.69) is 10.4 Å². The second kappa shape index (κ2) is 6.90. The fourth-order valence-corrected chi connectivity index (χ4v) is 1.87. The number of hydrogen-bond acceptors (Lipinski definition) is 4. The molecule has 110 valence electrons. The molecule has 0 saturated carbocycles. The molecular formula is C14H14ClN3O3. The van der Waals surface area contributed by atoms with E-state index < -0.39 is 5.97 Å². The van der Waals surface area contributed by atoms with Crippen LogP contribution < -0.4 is 5.32 Å². The number of amides is 1. The van der Waals surface area contributed by atoms with Gasteiger partial charge in [0, 0.05) is 16.9 Å². The fourth-order valence-electron chi connectivity index (χ4n) is 1.68. The van der Waals surface area contributed by atoms with Gasteiger partial charge in [-0.15, -0.1) is 0 Å². The first-order valence-electron chi connectivity index (χ1n) is 6.33. The minimum absolute atomic E-state index is 0.00802. The van der Waals surface area contributed by atoms with Crippen LogP contribution >= 0.6 is 11.6 Å². The monoisotopic (exact) mass is 307 g/mol. The maximum atomic E-state index is 11.9. The van der Waals surface area contributed by atoms with Gasteiger partial charge in [0.25, 0.3) is 0 Å². The Labute approximate surface area is 126 Å². The molecular weight excluding hydrogens is 294 g/mol. The van der Waals surface area contributed by atoms with Gasteiger partial charge >= 0.3 is 5.97 Å². The highest BCUT2D eigenvalue weighted by atomic mass is 35.5. The molecule has 0 fully saturated rings.